The Kier molecular flexibility index (Phi) is 8.65. The van der Waals surface area contributed by atoms with Crippen molar-refractivity contribution in [1.82, 2.24) is 4.90 Å². The van der Waals surface area contributed by atoms with E-state index in [0.29, 0.717) is 42.9 Å². The number of rotatable bonds is 8. The molecule has 1 N–H and O–H groups in total. The second-order valence-electron chi connectivity index (χ2n) is 14.4. The quantitative estimate of drug-likeness (QED) is 0.249. The molecule has 0 aliphatic carbocycles. The van der Waals surface area contributed by atoms with E-state index in [9.17, 15) is 19.5 Å². The molecular weight excluding hydrogens is 642 g/mol. The third-order valence-corrected chi connectivity index (χ3v) is 13.5. The number of benzene rings is 3. The van der Waals surface area contributed by atoms with Gasteiger partial charge in [-0.3, -0.25) is 14.4 Å². The van der Waals surface area contributed by atoms with Gasteiger partial charge in [-0.05, 0) is 73.0 Å². The first kappa shape index (κ1) is 33.4. The molecule has 0 radical (unpaired) electrons. The van der Waals surface area contributed by atoms with Crippen molar-refractivity contribution in [2.75, 3.05) is 30.1 Å². The highest BCUT2D eigenvalue weighted by atomic mass is 28.4. The predicted molar refractivity (Wildman–Crippen MR) is 186 cm³/mol. The molecule has 2 saturated heterocycles. The number of halogens is 1. The van der Waals surface area contributed by atoms with Gasteiger partial charge < -0.3 is 33.4 Å². The number of fused-ring (bicyclic) bond motifs is 3. The summed E-state index contributed by atoms with van der Waals surface area (Å²) in [6.07, 6.45) is 0.912. The Labute approximate surface area is 287 Å². The van der Waals surface area contributed by atoms with Crippen molar-refractivity contribution < 1.29 is 33.1 Å². The number of anilines is 2. The lowest BCUT2D eigenvalue weighted by Gasteiger charge is -2.37. The SMILES string of the molecule is COc1ccc2c(c1)[C@]1(O[C@@H](CC(=O)N3Cc4ccccc4C[C@H]3CO)[C@H]([Si](C)(C)F)[C@H]1C)C(=O)N2Cc1cccc(N2CCCC2=O)c1. The van der Waals surface area contributed by atoms with Crippen molar-refractivity contribution in [2.45, 2.75) is 82.1 Å². The minimum Gasteiger partial charge on any atom is -0.497 e. The molecule has 49 heavy (non-hydrogen) atoms. The molecule has 0 unspecified atom stereocenters. The summed E-state index contributed by atoms with van der Waals surface area (Å²) in [6.45, 7) is 6.17. The predicted octanol–water partition coefficient (Wildman–Crippen LogP) is 5.48. The van der Waals surface area contributed by atoms with Crippen molar-refractivity contribution >= 4 is 37.5 Å². The Morgan fingerprint density at radius 2 is 1.86 bits per heavy atom. The number of carbonyl (C=O) groups is 3. The summed E-state index contributed by atoms with van der Waals surface area (Å²) in [7, 11) is -1.97. The van der Waals surface area contributed by atoms with Gasteiger partial charge in [-0.25, -0.2) is 0 Å². The molecule has 4 aliphatic rings. The first-order valence-corrected chi connectivity index (χ1v) is 20.2. The molecule has 3 aromatic rings. The maximum atomic E-state index is 16.5. The smallest absolute Gasteiger partial charge is 0.264 e. The Morgan fingerprint density at radius 1 is 1.08 bits per heavy atom. The highest BCUT2D eigenvalue weighted by Crippen LogP contribution is 2.61. The van der Waals surface area contributed by atoms with Crippen molar-refractivity contribution in [3.05, 3.63) is 89.0 Å². The summed E-state index contributed by atoms with van der Waals surface area (Å²) in [5.41, 5.74) is 2.84. The van der Waals surface area contributed by atoms with Crippen LogP contribution in [-0.2, 0) is 44.2 Å². The number of amides is 3. The lowest BCUT2D eigenvalue weighted by Crippen LogP contribution is -2.48. The molecule has 9 nitrogen and oxygen atoms in total. The van der Waals surface area contributed by atoms with E-state index < -0.39 is 37.6 Å². The fourth-order valence-corrected chi connectivity index (χ4v) is 11.3. The van der Waals surface area contributed by atoms with Gasteiger partial charge >= 0.3 is 0 Å². The molecule has 0 bridgehead atoms. The highest BCUT2D eigenvalue weighted by molar-refractivity contribution is 6.72. The summed E-state index contributed by atoms with van der Waals surface area (Å²) in [6, 6.07) is 20.6. The van der Waals surface area contributed by atoms with Crippen LogP contribution in [0.25, 0.3) is 0 Å². The molecule has 2 fully saturated rings. The molecule has 4 aliphatic heterocycles. The van der Waals surface area contributed by atoms with E-state index in [1.54, 1.807) is 47.0 Å². The van der Waals surface area contributed by atoms with E-state index in [-0.39, 0.29) is 37.3 Å². The van der Waals surface area contributed by atoms with Gasteiger partial charge in [0.1, 0.15) is 5.75 Å². The number of nitrogens with zero attached hydrogens (tertiary/aromatic N) is 3. The van der Waals surface area contributed by atoms with Crippen LogP contribution in [0.3, 0.4) is 0 Å². The number of hydrogen-bond acceptors (Lipinski definition) is 6. The van der Waals surface area contributed by atoms with Crippen LogP contribution in [0.15, 0.2) is 66.7 Å². The van der Waals surface area contributed by atoms with E-state index in [4.69, 9.17) is 9.47 Å². The Hall–Kier alpha value is -4.06. The minimum absolute atomic E-state index is 0.0858. The van der Waals surface area contributed by atoms with Crippen LogP contribution in [0.2, 0.25) is 18.6 Å². The van der Waals surface area contributed by atoms with Crippen molar-refractivity contribution in [1.29, 1.82) is 0 Å². The summed E-state index contributed by atoms with van der Waals surface area (Å²) in [4.78, 5) is 46.6. The fourth-order valence-electron chi connectivity index (χ4n) is 8.77. The summed E-state index contributed by atoms with van der Waals surface area (Å²) >= 11 is 0. The van der Waals surface area contributed by atoms with Crippen LogP contribution in [-0.4, -0.2) is 68.5 Å². The van der Waals surface area contributed by atoms with E-state index in [1.165, 1.54) is 0 Å². The summed E-state index contributed by atoms with van der Waals surface area (Å²) in [5.74, 6) is -0.479. The molecule has 3 aromatic carbocycles. The second-order valence-corrected chi connectivity index (χ2v) is 18.2. The maximum Gasteiger partial charge on any atom is 0.264 e. The van der Waals surface area contributed by atoms with Crippen molar-refractivity contribution in [2.24, 2.45) is 5.92 Å². The van der Waals surface area contributed by atoms with Gasteiger partial charge in [0.05, 0.1) is 44.5 Å². The third kappa shape index (κ3) is 5.65. The van der Waals surface area contributed by atoms with Crippen LogP contribution in [0, 0.1) is 5.92 Å². The zero-order valence-electron chi connectivity index (χ0n) is 28.5. The van der Waals surface area contributed by atoms with Gasteiger partial charge in [0.25, 0.3) is 5.91 Å². The minimum atomic E-state index is -3.53. The zero-order valence-corrected chi connectivity index (χ0v) is 29.5. The van der Waals surface area contributed by atoms with Crippen molar-refractivity contribution in [3.63, 3.8) is 0 Å². The summed E-state index contributed by atoms with van der Waals surface area (Å²) < 4.78 is 29.0. The van der Waals surface area contributed by atoms with Crippen LogP contribution < -0.4 is 14.5 Å². The molecule has 0 aromatic heterocycles. The number of hydrogen-bond donors (Lipinski definition) is 1. The molecule has 7 rings (SSSR count). The number of aliphatic hydroxyl groups excluding tert-OH is 1. The third-order valence-electron chi connectivity index (χ3n) is 11.1. The monoisotopic (exact) mass is 685 g/mol. The van der Waals surface area contributed by atoms with Crippen molar-refractivity contribution in [3.8, 4) is 5.75 Å². The summed E-state index contributed by atoms with van der Waals surface area (Å²) in [5, 5.41) is 10.3. The standard InChI is InChI=1S/C38H44FN3O6Si/c1-24-36(49(3,4)39)33(20-35(45)41-22-27-11-6-5-10-26(27)18-29(41)23-43)48-38(24)31-19-30(47-2)14-15-32(31)42(37(38)46)21-25-9-7-12-28(17-25)40-16-8-13-34(40)44/h5-7,9-12,14-15,17,19,24,29,33,36,43H,8,13,16,18,20-23H2,1-4H3/t24-,29+,33+,36-,38+/m1/s1. The molecule has 4 heterocycles. The molecule has 1 spiro atoms. The molecular formula is C38H44FN3O6Si. The van der Waals surface area contributed by atoms with Crippen LogP contribution in [0.4, 0.5) is 15.5 Å². The molecule has 0 saturated carbocycles. The molecule has 5 atom stereocenters. The van der Waals surface area contributed by atoms with Gasteiger partial charge in [0.2, 0.25) is 20.2 Å². The fraction of sp³-hybridized carbons (Fsp3) is 0.447. The topological polar surface area (TPSA) is 99.6 Å². The lowest BCUT2D eigenvalue weighted by atomic mass is 9.82. The average molecular weight is 686 g/mol. The molecule has 3 amide bonds. The largest absolute Gasteiger partial charge is 0.497 e. The van der Waals surface area contributed by atoms with Crippen LogP contribution in [0.1, 0.15) is 48.4 Å². The first-order chi connectivity index (χ1) is 23.5. The normalized spacial score (nSPS) is 26.4. The van der Waals surface area contributed by atoms with E-state index >= 15 is 4.11 Å². The van der Waals surface area contributed by atoms with Crippen LogP contribution >= 0.6 is 0 Å². The van der Waals surface area contributed by atoms with E-state index in [0.717, 1.165) is 28.8 Å². The van der Waals surface area contributed by atoms with Crippen LogP contribution in [0.5, 0.6) is 5.75 Å². The van der Waals surface area contributed by atoms with Gasteiger partial charge in [-0.1, -0.05) is 43.3 Å². The second kappa shape index (κ2) is 12.7. The van der Waals surface area contributed by atoms with Gasteiger partial charge in [-0.15, -0.1) is 0 Å². The van der Waals surface area contributed by atoms with Gasteiger partial charge in [-0.2, -0.15) is 0 Å². The number of ether oxygens (including phenoxy) is 2. The Morgan fingerprint density at radius 3 is 2.55 bits per heavy atom. The lowest BCUT2D eigenvalue weighted by molar-refractivity contribution is -0.151. The number of aliphatic hydroxyl groups is 1. The number of carbonyl (C=O) groups excluding carboxylic acids is 3. The molecule has 258 valence electrons. The molecule has 11 heteroatoms. The Balaban J connectivity index is 1.23. The number of methoxy groups -OCH3 is 1. The van der Waals surface area contributed by atoms with Gasteiger partial charge in [0.15, 0.2) is 5.60 Å². The van der Waals surface area contributed by atoms with Gasteiger partial charge in [0, 0.05) is 42.2 Å². The highest BCUT2D eigenvalue weighted by Gasteiger charge is 2.67. The van der Waals surface area contributed by atoms with E-state index in [1.807, 2.05) is 61.5 Å². The zero-order chi connectivity index (χ0) is 34.7. The Bertz CT molecular complexity index is 1800. The van der Waals surface area contributed by atoms with E-state index in [2.05, 4.69) is 0 Å². The maximum absolute atomic E-state index is 16.5. The first-order valence-electron chi connectivity index (χ1n) is 17.2. The average Bonchev–Trinajstić information content (AvgIpc) is 3.72.